The number of ether oxygens (including phenoxy) is 1. The fourth-order valence-corrected chi connectivity index (χ4v) is 1.48. The summed E-state index contributed by atoms with van der Waals surface area (Å²) in [6.45, 7) is 4.40. The summed E-state index contributed by atoms with van der Waals surface area (Å²) in [4.78, 5) is 0. The average Bonchev–Trinajstić information content (AvgIpc) is 2.10. The number of rotatable bonds is 8. The minimum absolute atomic E-state index is 0.00226. The number of aliphatic hydroxyl groups excluding tert-OH is 1. The molecule has 0 aromatic rings. The summed E-state index contributed by atoms with van der Waals surface area (Å²) in [5, 5.41) is 7.99. The molecule has 0 aliphatic rings. The molecule has 86 valence electrons. The fourth-order valence-electron chi connectivity index (χ4n) is 0.722. The van der Waals surface area contributed by atoms with Crippen molar-refractivity contribution < 1.29 is 18.3 Å². The monoisotopic (exact) mass is 225 g/mol. The van der Waals surface area contributed by atoms with Crippen LogP contribution in [-0.2, 0) is 14.8 Å². The number of sulfonamides is 1. The van der Waals surface area contributed by atoms with Crippen molar-refractivity contribution in [2.24, 2.45) is 0 Å². The quantitative estimate of drug-likeness (QED) is 0.557. The fraction of sp³-hybridized carbons (Fsp3) is 1.00. The molecule has 2 N–H and O–H groups in total. The minimum atomic E-state index is -3.15. The van der Waals surface area contributed by atoms with E-state index in [4.69, 9.17) is 9.84 Å². The second-order valence-corrected chi connectivity index (χ2v) is 5.50. The van der Waals surface area contributed by atoms with Crippen LogP contribution in [-0.4, -0.2) is 45.1 Å². The normalized spacial score (nSPS) is 12.3. The number of aliphatic hydroxyl groups is 1. The number of hydrogen-bond acceptors (Lipinski definition) is 4. The highest BCUT2D eigenvalue weighted by atomic mass is 32.2. The van der Waals surface area contributed by atoms with E-state index in [-0.39, 0.29) is 6.61 Å². The molecule has 14 heavy (non-hydrogen) atoms. The van der Waals surface area contributed by atoms with Crippen molar-refractivity contribution in [3.63, 3.8) is 0 Å². The minimum Gasteiger partial charge on any atom is -0.394 e. The maximum absolute atomic E-state index is 11.2. The van der Waals surface area contributed by atoms with Crippen molar-refractivity contribution in [2.45, 2.75) is 25.5 Å². The molecule has 0 aromatic heterocycles. The largest absolute Gasteiger partial charge is 0.394 e. The van der Waals surface area contributed by atoms with Gasteiger partial charge >= 0.3 is 0 Å². The van der Waals surface area contributed by atoms with Gasteiger partial charge in [-0.15, -0.1) is 0 Å². The summed E-state index contributed by atoms with van der Waals surface area (Å²) in [6.07, 6.45) is 0.617. The molecule has 6 heteroatoms. The van der Waals surface area contributed by atoms with E-state index < -0.39 is 15.3 Å². The Morgan fingerprint density at radius 1 is 1.36 bits per heavy atom. The molecule has 5 nitrogen and oxygen atoms in total. The standard InChI is InChI=1S/C8H19NO4S/c1-8(2)14(11,12)9-4-3-6-13-7-5-10/h8-10H,3-7H2,1-2H3. The van der Waals surface area contributed by atoms with Crippen molar-refractivity contribution in [3.8, 4) is 0 Å². The smallest absolute Gasteiger partial charge is 0.213 e. The van der Waals surface area contributed by atoms with Crippen LogP contribution in [0.5, 0.6) is 0 Å². The molecule has 0 rings (SSSR count). The van der Waals surface area contributed by atoms with Crippen molar-refractivity contribution >= 4 is 10.0 Å². The van der Waals surface area contributed by atoms with E-state index >= 15 is 0 Å². The zero-order valence-corrected chi connectivity index (χ0v) is 9.51. The maximum atomic E-state index is 11.2. The lowest BCUT2D eigenvalue weighted by Crippen LogP contribution is -2.32. The van der Waals surface area contributed by atoms with Gasteiger partial charge in [-0.25, -0.2) is 13.1 Å². The first-order valence-corrected chi connectivity index (χ1v) is 6.22. The van der Waals surface area contributed by atoms with Gasteiger partial charge in [-0.1, -0.05) is 0 Å². The molecule has 0 fully saturated rings. The highest BCUT2D eigenvalue weighted by molar-refractivity contribution is 7.90. The molecular formula is C8H19NO4S. The molecule has 0 unspecified atom stereocenters. The van der Waals surface area contributed by atoms with E-state index in [1.165, 1.54) is 0 Å². The molecule has 0 bridgehead atoms. The molecule has 0 aliphatic carbocycles. The van der Waals surface area contributed by atoms with E-state index in [0.717, 1.165) is 0 Å². The van der Waals surface area contributed by atoms with E-state index in [2.05, 4.69) is 4.72 Å². The molecule has 0 spiro atoms. The molecule has 0 aliphatic heterocycles. The van der Waals surface area contributed by atoms with Crippen LogP contribution in [0.1, 0.15) is 20.3 Å². The lowest BCUT2D eigenvalue weighted by molar-refractivity contribution is 0.0913. The summed E-state index contributed by atoms with van der Waals surface area (Å²) in [6, 6.07) is 0. The highest BCUT2D eigenvalue weighted by Gasteiger charge is 2.13. The Bertz CT molecular complexity index is 225. The van der Waals surface area contributed by atoms with Gasteiger partial charge in [0.2, 0.25) is 10.0 Å². The van der Waals surface area contributed by atoms with Crippen LogP contribution in [0.3, 0.4) is 0 Å². The van der Waals surface area contributed by atoms with E-state index in [1.54, 1.807) is 13.8 Å². The van der Waals surface area contributed by atoms with Gasteiger partial charge in [0.15, 0.2) is 0 Å². The van der Waals surface area contributed by atoms with Gasteiger partial charge < -0.3 is 9.84 Å². The Kier molecular flexibility index (Phi) is 7.08. The number of hydrogen-bond donors (Lipinski definition) is 2. The summed E-state index contributed by atoms with van der Waals surface area (Å²) >= 11 is 0. The Hall–Kier alpha value is -0.170. The van der Waals surface area contributed by atoms with Crippen LogP contribution in [0.25, 0.3) is 0 Å². The van der Waals surface area contributed by atoms with Gasteiger partial charge in [0.05, 0.1) is 18.5 Å². The SMILES string of the molecule is CC(C)S(=O)(=O)NCCCOCCO. The zero-order chi connectivity index (χ0) is 11.0. The zero-order valence-electron chi connectivity index (χ0n) is 8.69. The van der Waals surface area contributed by atoms with E-state index in [9.17, 15) is 8.42 Å². The first kappa shape index (κ1) is 13.8. The summed E-state index contributed by atoms with van der Waals surface area (Å²) in [7, 11) is -3.15. The molecule has 0 saturated heterocycles. The predicted molar refractivity (Wildman–Crippen MR) is 54.6 cm³/mol. The van der Waals surface area contributed by atoms with Crippen LogP contribution in [0, 0.1) is 0 Å². The van der Waals surface area contributed by atoms with Crippen LogP contribution in [0.15, 0.2) is 0 Å². The second kappa shape index (κ2) is 7.17. The van der Waals surface area contributed by atoms with Crippen molar-refractivity contribution in [1.82, 2.24) is 4.72 Å². The van der Waals surface area contributed by atoms with Gasteiger partial charge in [-0.05, 0) is 20.3 Å². The van der Waals surface area contributed by atoms with Gasteiger partial charge in [-0.2, -0.15) is 0 Å². The third-order valence-corrected chi connectivity index (χ3v) is 3.47. The van der Waals surface area contributed by atoms with Gasteiger partial charge in [-0.3, -0.25) is 0 Å². The average molecular weight is 225 g/mol. The molecule has 0 radical (unpaired) electrons. The molecule has 0 aromatic carbocycles. The van der Waals surface area contributed by atoms with Crippen LogP contribution in [0.2, 0.25) is 0 Å². The molecular weight excluding hydrogens is 206 g/mol. The Morgan fingerprint density at radius 2 is 2.00 bits per heavy atom. The predicted octanol–water partition coefficient (Wildman–Crippen LogP) is -0.287. The first-order chi connectivity index (χ1) is 6.50. The summed E-state index contributed by atoms with van der Waals surface area (Å²) in [5.41, 5.74) is 0. The van der Waals surface area contributed by atoms with Crippen molar-refractivity contribution in [2.75, 3.05) is 26.4 Å². The molecule has 0 saturated carbocycles. The van der Waals surface area contributed by atoms with Crippen LogP contribution in [0.4, 0.5) is 0 Å². The van der Waals surface area contributed by atoms with Crippen LogP contribution >= 0.6 is 0 Å². The molecule has 0 atom stereocenters. The van der Waals surface area contributed by atoms with E-state index in [0.29, 0.717) is 26.2 Å². The summed E-state index contributed by atoms with van der Waals surface area (Å²) in [5.74, 6) is 0. The van der Waals surface area contributed by atoms with Crippen molar-refractivity contribution in [1.29, 1.82) is 0 Å². The Morgan fingerprint density at radius 3 is 2.50 bits per heavy atom. The molecule has 0 heterocycles. The second-order valence-electron chi connectivity index (χ2n) is 3.18. The third-order valence-electron chi connectivity index (χ3n) is 1.62. The molecule has 0 amide bonds. The first-order valence-electron chi connectivity index (χ1n) is 4.67. The Labute approximate surface area is 85.5 Å². The van der Waals surface area contributed by atoms with Gasteiger partial charge in [0.25, 0.3) is 0 Å². The lowest BCUT2D eigenvalue weighted by Gasteiger charge is -2.09. The summed E-state index contributed by atoms with van der Waals surface area (Å²) < 4.78 is 29.9. The number of nitrogens with one attached hydrogen (secondary N) is 1. The maximum Gasteiger partial charge on any atom is 0.213 e. The van der Waals surface area contributed by atoms with Gasteiger partial charge in [0.1, 0.15) is 0 Å². The van der Waals surface area contributed by atoms with E-state index in [1.807, 2.05) is 0 Å². The lowest BCUT2D eigenvalue weighted by atomic mass is 10.5. The highest BCUT2D eigenvalue weighted by Crippen LogP contribution is 1.95. The van der Waals surface area contributed by atoms with Crippen LogP contribution < -0.4 is 4.72 Å². The van der Waals surface area contributed by atoms with Crippen molar-refractivity contribution in [3.05, 3.63) is 0 Å². The van der Waals surface area contributed by atoms with Gasteiger partial charge in [0, 0.05) is 13.2 Å². The third kappa shape index (κ3) is 6.31. The topological polar surface area (TPSA) is 75.6 Å². The Balaban J connectivity index is 3.46.